The van der Waals surface area contributed by atoms with Crippen molar-refractivity contribution < 1.29 is 62.5 Å². The smallest absolute Gasteiger partial charge is 0.258 e. The zero-order valence-corrected chi connectivity index (χ0v) is 28.2. The summed E-state index contributed by atoms with van der Waals surface area (Å²) in [6, 6.07) is 7.91. The van der Waals surface area contributed by atoms with Crippen molar-refractivity contribution in [2.75, 3.05) is 0 Å². The van der Waals surface area contributed by atoms with E-state index in [-0.39, 0.29) is 11.1 Å². The van der Waals surface area contributed by atoms with Crippen molar-refractivity contribution in [3.8, 4) is 0 Å². The standard InChI is InChI=1S/C36H32F12N2O4/c37-33(38,39)29-11-25(21-1-5-23(6-2-21)49(51)52)9-27(15-29,16-30(12-25,19-29)34(40,41)42)28-10-26(22-3-7-24(8-4-22)50(53)54)13-31(17-28,35(43,44)45)20-32(14-26,18-28)36(46,47)48/h1-8H,9-20H2. The Bertz CT molecular complexity index is 1730. The molecule has 6 nitrogen and oxygen atoms in total. The lowest BCUT2D eigenvalue weighted by Crippen LogP contribution is -2.77. The average molecular weight is 785 g/mol. The van der Waals surface area contributed by atoms with Crippen LogP contribution in [0.3, 0.4) is 0 Å². The van der Waals surface area contributed by atoms with E-state index in [1.165, 1.54) is 0 Å². The SMILES string of the molecule is O=[N+]([O-])c1ccc(C23CC4(C(F)(F)F)CC(C(F)(F)F)(C2)CC(C25CC6(c7ccc([N+](=O)[O-])cc7)CC(C(F)(F)F)(CC(C(F)(F)F)(C6)C2)C5)(C3)C4)cc1. The van der Waals surface area contributed by atoms with E-state index in [1.807, 2.05) is 0 Å². The number of benzene rings is 2. The largest absolute Gasteiger partial charge is 0.394 e. The molecule has 0 heterocycles. The lowest BCUT2D eigenvalue weighted by molar-refractivity contribution is -0.406. The molecule has 0 radical (unpaired) electrons. The Labute approximate surface area is 299 Å². The van der Waals surface area contributed by atoms with Crippen LogP contribution < -0.4 is 0 Å². The number of nitrogens with zero attached hydrogens (tertiary/aromatic N) is 2. The third-order valence-corrected chi connectivity index (χ3v) is 15.0. The second-order valence-electron chi connectivity index (χ2n) is 18.0. The van der Waals surface area contributed by atoms with Gasteiger partial charge in [-0.1, -0.05) is 24.3 Å². The van der Waals surface area contributed by atoms with E-state index < -0.39 is 166 Å². The lowest BCUT2D eigenvalue weighted by Gasteiger charge is -2.80. The number of halogens is 12. The molecule has 54 heavy (non-hydrogen) atoms. The molecule has 8 aliphatic carbocycles. The van der Waals surface area contributed by atoms with Crippen LogP contribution in [0, 0.1) is 52.7 Å². The van der Waals surface area contributed by atoms with Crippen molar-refractivity contribution >= 4 is 11.4 Å². The first-order chi connectivity index (χ1) is 24.6. The van der Waals surface area contributed by atoms with Crippen LogP contribution in [0.5, 0.6) is 0 Å². The van der Waals surface area contributed by atoms with Crippen LogP contribution in [0.4, 0.5) is 64.1 Å². The van der Waals surface area contributed by atoms with Crippen LogP contribution in [0.2, 0.25) is 0 Å². The Hall–Kier alpha value is -3.60. The van der Waals surface area contributed by atoms with Gasteiger partial charge in [-0.15, -0.1) is 0 Å². The topological polar surface area (TPSA) is 86.3 Å². The van der Waals surface area contributed by atoms with Crippen molar-refractivity contribution in [1.29, 1.82) is 0 Å². The third kappa shape index (κ3) is 4.62. The van der Waals surface area contributed by atoms with Crippen molar-refractivity contribution in [3.63, 3.8) is 0 Å². The maximum Gasteiger partial charge on any atom is 0.394 e. The van der Waals surface area contributed by atoms with Gasteiger partial charge in [-0.3, -0.25) is 20.2 Å². The number of alkyl halides is 12. The number of rotatable bonds is 5. The predicted molar refractivity (Wildman–Crippen MR) is 164 cm³/mol. The molecule has 18 heteroatoms. The quantitative estimate of drug-likeness (QED) is 0.172. The summed E-state index contributed by atoms with van der Waals surface area (Å²) in [7, 11) is 0. The third-order valence-electron chi connectivity index (χ3n) is 15.0. The van der Waals surface area contributed by atoms with E-state index >= 15 is 52.7 Å². The molecule has 8 bridgehead atoms. The summed E-state index contributed by atoms with van der Waals surface area (Å²) in [5.41, 5.74) is -22.7. The van der Waals surface area contributed by atoms with Crippen molar-refractivity contribution in [3.05, 3.63) is 79.9 Å². The molecule has 0 amide bonds. The molecular formula is C36H32F12N2O4. The summed E-state index contributed by atoms with van der Waals surface area (Å²) < 4.78 is 188. The van der Waals surface area contributed by atoms with Crippen molar-refractivity contribution in [2.45, 2.75) is 113 Å². The Balaban J connectivity index is 1.42. The van der Waals surface area contributed by atoms with E-state index in [9.17, 15) is 20.2 Å². The summed E-state index contributed by atoms with van der Waals surface area (Å²) in [5.74, 6) is 0. The van der Waals surface area contributed by atoms with Crippen LogP contribution >= 0.6 is 0 Å². The highest BCUT2D eigenvalue weighted by Crippen LogP contribution is 2.89. The molecule has 4 atom stereocenters. The summed E-state index contributed by atoms with van der Waals surface area (Å²) >= 11 is 0. The van der Waals surface area contributed by atoms with E-state index in [2.05, 4.69) is 0 Å². The molecule has 0 spiro atoms. The molecule has 0 aromatic heterocycles. The monoisotopic (exact) mass is 784 g/mol. The fourth-order valence-corrected chi connectivity index (χ4v) is 14.1. The average Bonchev–Trinajstić information content (AvgIpc) is 3.02. The van der Waals surface area contributed by atoms with Gasteiger partial charge in [0.2, 0.25) is 0 Å². The van der Waals surface area contributed by atoms with Gasteiger partial charge in [0.25, 0.3) is 11.4 Å². The van der Waals surface area contributed by atoms with Gasteiger partial charge >= 0.3 is 24.7 Å². The molecular weight excluding hydrogens is 752 g/mol. The summed E-state index contributed by atoms with van der Waals surface area (Å²) in [6.45, 7) is 0. The van der Waals surface area contributed by atoms with Crippen LogP contribution in [0.15, 0.2) is 48.5 Å². The fraction of sp³-hybridized carbons (Fsp3) is 0.667. The van der Waals surface area contributed by atoms with E-state index in [4.69, 9.17) is 0 Å². The van der Waals surface area contributed by atoms with Crippen molar-refractivity contribution in [1.82, 2.24) is 0 Å². The minimum atomic E-state index is -5.36. The van der Waals surface area contributed by atoms with Gasteiger partial charge in [-0.25, -0.2) is 0 Å². The summed E-state index contributed by atoms with van der Waals surface area (Å²) in [5, 5.41) is 22.9. The second-order valence-corrected chi connectivity index (χ2v) is 18.0. The zero-order valence-electron chi connectivity index (χ0n) is 28.2. The molecule has 0 aliphatic heterocycles. The highest BCUT2D eigenvalue weighted by atomic mass is 19.4. The van der Waals surface area contributed by atoms with Crippen LogP contribution in [-0.4, -0.2) is 34.6 Å². The van der Waals surface area contributed by atoms with Crippen LogP contribution in [-0.2, 0) is 10.8 Å². The molecule has 8 aliphatic rings. The normalized spacial score (nSPS) is 41.3. The molecule has 2 aromatic rings. The number of nitro benzene ring substituents is 2. The first-order valence-corrected chi connectivity index (χ1v) is 17.3. The maximum absolute atomic E-state index is 15.7. The molecule has 2 aromatic carbocycles. The Morgan fingerprint density at radius 1 is 0.389 bits per heavy atom. The Morgan fingerprint density at radius 2 is 0.630 bits per heavy atom. The van der Waals surface area contributed by atoms with Gasteiger partial charge < -0.3 is 0 Å². The Morgan fingerprint density at radius 3 is 0.833 bits per heavy atom. The molecule has 10 rings (SSSR count). The first-order valence-electron chi connectivity index (χ1n) is 17.3. The van der Waals surface area contributed by atoms with Gasteiger partial charge in [-0.05, 0) is 110 Å². The van der Waals surface area contributed by atoms with Crippen LogP contribution in [0.1, 0.15) is 88.2 Å². The molecule has 0 saturated heterocycles. The predicted octanol–water partition coefficient (Wildman–Crippen LogP) is 11.6. The van der Waals surface area contributed by atoms with Crippen molar-refractivity contribution in [2.24, 2.45) is 32.5 Å². The zero-order chi connectivity index (χ0) is 39.6. The molecule has 8 fully saturated rings. The second kappa shape index (κ2) is 10.2. The van der Waals surface area contributed by atoms with E-state index in [0.717, 1.165) is 48.5 Å². The van der Waals surface area contributed by atoms with Gasteiger partial charge in [0, 0.05) is 24.3 Å². The van der Waals surface area contributed by atoms with E-state index in [0.29, 0.717) is 0 Å². The lowest BCUT2D eigenvalue weighted by atomic mass is 9.24. The van der Waals surface area contributed by atoms with Gasteiger partial charge in [-0.2, -0.15) is 52.7 Å². The minimum absolute atomic E-state index is 0.121. The Kier molecular flexibility index (Phi) is 7.07. The highest BCUT2D eigenvalue weighted by Gasteiger charge is 2.87. The van der Waals surface area contributed by atoms with E-state index in [1.54, 1.807) is 0 Å². The van der Waals surface area contributed by atoms with Crippen LogP contribution in [0.25, 0.3) is 0 Å². The number of non-ortho nitro benzene ring substituents is 2. The number of nitro groups is 2. The van der Waals surface area contributed by atoms with Gasteiger partial charge in [0.1, 0.15) is 0 Å². The summed E-state index contributed by atoms with van der Waals surface area (Å²) in [6.07, 6.45) is -33.6. The minimum Gasteiger partial charge on any atom is -0.258 e. The number of hydrogen-bond acceptors (Lipinski definition) is 4. The molecule has 0 N–H and O–H groups in total. The molecule has 294 valence electrons. The highest BCUT2D eigenvalue weighted by molar-refractivity contribution is 5.44. The maximum atomic E-state index is 15.7. The molecule has 4 unspecified atom stereocenters. The summed E-state index contributed by atoms with van der Waals surface area (Å²) in [4.78, 5) is 21.3. The fourth-order valence-electron chi connectivity index (χ4n) is 14.1. The van der Waals surface area contributed by atoms with Gasteiger partial charge in [0.15, 0.2) is 0 Å². The van der Waals surface area contributed by atoms with Gasteiger partial charge in [0.05, 0.1) is 31.5 Å². The number of hydrogen-bond donors (Lipinski definition) is 0. The molecule has 8 saturated carbocycles. The first kappa shape index (κ1) is 37.3.